The molecule has 0 radical (unpaired) electrons. The van der Waals surface area contributed by atoms with Crippen molar-refractivity contribution in [3.63, 3.8) is 0 Å². The van der Waals surface area contributed by atoms with E-state index >= 15 is 0 Å². The minimum absolute atomic E-state index is 0.0765. The van der Waals surface area contributed by atoms with Gasteiger partial charge in [0.1, 0.15) is 23.3 Å². The summed E-state index contributed by atoms with van der Waals surface area (Å²) >= 11 is 1.28. The van der Waals surface area contributed by atoms with Crippen molar-refractivity contribution in [3.8, 4) is 17.2 Å². The molecule has 8 nitrogen and oxygen atoms in total. The van der Waals surface area contributed by atoms with Crippen LogP contribution in [0, 0.1) is 0 Å². The first-order chi connectivity index (χ1) is 13.5. The first kappa shape index (κ1) is 17.9. The maximum Gasteiger partial charge on any atom is 0.231 e. The van der Waals surface area contributed by atoms with Crippen molar-refractivity contribution in [2.24, 2.45) is 4.99 Å². The zero-order valence-corrected chi connectivity index (χ0v) is 15.7. The Kier molecular flexibility index (Phi) is 4.66. The van der Waals surface area contributed by atoms with Gasteiger partial charge < -0.3 is 30.7 Å². The lowest BCUT2D eigenvalue weighted by molar-refractivity contribution is 0.320. The first-order valence-electron chi connectivity index (χ1n) is 8.44. The van der Waals surface area contributed by atoms with Gasteiger partial charge in [0.25, 0.3) is 0 Å². The van der Waals surface area contributed by atoms with E-state index in [4.69, 9.17) is 15.2 Å². The summed E-state index contributed by atoms with van der Waals surface area (Å²) in [7, 11) is 1.40. The lowest BCUT2D eigenvalue weighted by atomic mass is 10.1. The number of nitrogens with one attached hydrogen (secondary N) is 1. The number of hydrogen-bond acceptors (Lipinski definition) is 9. The number of phenolic OH excluding ortho intramolecular Hbond substituents is 2. The summed E-state index contributed by atoms with van der Waals surface area (Å²) in [5, 5.41) is 23.1. The van der Waals surface area contributed by atoms with Crippen LogP contribution < -0.4 is 15.8 Å². The summed E-state index contributed by atoms with van der Waals surface area (Å²) in [5.41, 5.74) is 7.62. The third-order valence-corrected chi connectivity index (χ3v) is 5.18. The average molecular weight is 398 g/mol. The molecular formula is C19H18N4O4S. The summed E-state index contributed by atoms with van der Waals surface area (Å²) in [6.45, 7) is 0.447. The van der Waals surface area contributed by atoms with Crippen LogP contribution in [0.2, 0.25) is 0 Å². The van der Waals surface area contributed by atoms with Crippen LogP contribution in [0.1, 0.15) is 16.5 Å². The van der Waals surface area contributed by atoms with E-state index in [0.717, 1.165) is 5.56 Å². The second-order valence-corrected chi connectivity index (χ2v) is 7.08. The number of aliphatic imine (C=N–C) groups is 1. The molecule has 0 amide bonds. The van der Waals surface area contributed by atoms with Crippen LogP contribution in [0.25, 0.3) is 0 Å². The normalized spacial score (nSPS) is 15.8. The van der Waals surface area contributed by atoms with Gasteiger partial charge in [0.15, 0.2) is 16.6 Å². The zero-order chi connectivity index (χ0) is 19.7. The number of rotatable bonds is 5. The summed E-state index contributed by atoms with van der Waals surface area (Å²) in [6.07, 6.45) is 0. The molecule has 1 aromatic heterocycles. The molecule has 0 aliphatic carbocycles. The number of hydrogen-bond donors (Lipinski definition) is 4. The molecule has 0 spiro atoms. The number of nitrogens with zero attached hydrogens (tertiary/aromatic N) is 2. The van der Waals surface area contributed by atoms with Gasteiger partial charge in [0.05, 0.1) is 7.11 Å². The van der Waals surface area contributed by atoms with Gasteiger partial charge in [0.2, 0.25) is 11.6 Å². The Labute approximate surface area is 164 Å². The summed E-state index contributed by atoms with van der Waals surface area (Å²) in [4.78, 5) is 9.56. The molecule has 28 heavy (non-hydrogen) atoms. The Morgan fingerprint density at radius 1 is 1.25 bits per heavy atom. The van der Waals surface area contributed by atoms with Gasteiger partial charge in [-0.25, -0.2) is 9.98 Å². The molecule has 0 unspecified atom stereocenters. The Morgan fingerprint density at radius 3 is 2.79 bits per heavy atom. The number of benzene rings is 2. The number of aromatic hydroxyl groups is 2. The third-order valence-electron chi connectivity index (χ3n) is 4.21. The van der Waals surface area contributed by atoms with Crippen LogP contribution in [0.3, 0.4) is 0 Å². The van der Waals surface area contributed by atoms with E-state index in [-0.39, 0.29) is 23.3 Å². The fourth-order valence-electron chi connectivity index (χ4n) is 2.83. The fourth-order valence-corrected chi connectivity index (χ4v) is 3.68. The highest BCUT2D eigenvalue weighted by molar-refractivity contribution is 7.18. The van der Waals surface area contributed by atoms with E-state index < -0.39 is 0 Å². The van der Waals surface area contributed by atoms with E-state index in [9.17, 15) is 10.2 Å². The van der Waals surface area contributed by atoms with Crippen molar-refractivity contribution >= 4 is 33.9 Å². The molecule has 144 valence electrons. The molecule has 0 saturated heterocycles. The molecule has 0 bridgehead atoms. The van der Waals surface area contributed by atoms with E-state index in [0.29, 0.717) is 34.0 Å². The minimum atomic E-state index is -0.326. The molecule has 1 atom stereocenters. The SMILES string of the molecule is COc1cc(Nc2nc(N)c(C3=N[C@@H](c4ccccc4)CO3)s2)cc(O)c1O. The van der Waals surface area contributed by atoms with Gasteiger partial charge in [-0.2, -0.15) is 0 Å². The number of aromatic nitrogens is 1. The molecule has 1 aliphatic heterocycles. The van der Waals surface area contributed by atoms with Crippen molar-refractivity contribution in [3.05, 3.63) is 52.9 Å². The Bertz CT molecular complexity index is 1040. The second kappa shape index (κ2) is 7.28. The Balaban J connectivity index is 1.57. The zero-order valence-electron chi connectivity index (χ0n) is 14.9. The number of thiazole rings is 1. The highest BCUT2D eigenvalue weighted by Crippen LogP contribution is 2.40. The van der Waals surface area contributed by atoms with Crippen molar-refractivity contribution in [2.75, 3.05) is 24.8 Å². The molecule has 1 aliphatic rings. The van der Waals surface area contributed by atoms with Crippen molar-refractivity contribution in [1.29, 1.82) is 0 Å². The Morgan fingerprint density at radius 2 is 2.04 bits per heavy atom. The summed E-state index contributed by atoms with van der Waals surface area (Å²) in [6, 6.07) is 12.7. The quantitative estimate of drug-likeness (QED) is 0.384. The van der Waals surface area contributed by atoms with E-state index in [2.05, 4.69) is 15.3 Å². The van der Waals surface area contributed by atoms with Crippen LogP contribution in [0.15, 0.2) is 47.5 Å². The van der Waals surface area contributed by atoms with Gasteiger partial charge in [-0.3, -0.25) is 0 Å². The van der Waals surface area contributed by atoms with Crippen LogP contribution in [-0.2, 0) is 4.74 Å². The predicted molar refractivity (Wildman–Crippen MR) is 108 cm³/mol. The van der Waals surface area contributed by atoms with Crippen LogP contribution >= 0.6 is 11.3 Å². The molecule has 2 aromatic carbocycles. The molecule has 0 saturated carbocycles. The maximum absolute atomic E-state index is 9.81. The van der Waals surface area contributed by atoms with Crippen LogP contribution in [0.5, 0.6) is 17.2 Å². The highest BCUT2D eigenvalue weighted by Gasteiger charge is 2.25. The highest BCUT2D eigenvalue weighted by atomic mass is 32.1. The van der Waals surface area contributed by atoms with Gasteiger partial charge in [0, 0.05) is 17.8 Å². The van der Waals surface area contributed by atoms with Crippen LogP contribution in [0.4, 0.5) is 16.6 Å². The average Bonchev–Trinajstić information content (AvgIpc) is 3.32. The number of phenols is 2. The van der Waals surface area contributed by atoms with Gasteiger partial charge in [-0.1, -0.05) is 41.7 Å². The number of nitrogens with two attached hydrogens (primary N) is 1. The molecular weight excluding hydrogens is 380 g/mol. The molecule has 4 rings (SSSR count). The number of nitrogen functional groups attached to an aromatic ring is 1. The number of ether oxygens (including phenoxy) is 2. The third kappa shape index (κ3) is 3.39. The number of methoxy groups -OCH3 is 1. The lowest BCUT2D eigenvalue weighted by Gasteiger charge is -2.09. The summed E-state index contributed by atoms with van der Waals surface area (Å²) in [5.74, 6) is 0.272. The Hall–Kier alpha value is -3.46. The van der Waals surface area contributed by atoms with Gasteiger partial charge >= 0.3 is 0 Å². The standard InChI is InChI=1S/C19H18N4O4S/c1-26-14-8-11(7-13(24)15(14)25)21-19-23-17(20)16(28-19)18-22-12(9-27-18)10-5-3-2-4-6-10/h2-8,12,24-25H,9,20H2,1H3,(H,21,23)/t12-/m1/s1. The maximum atomic E-state index is 9.81. The fraction of sp³-hybridized carbons (Fsp3) is 0.158. The van der Waals surface area contributed by atoms with Crippen molar-refractivity contribution in [1.82, 2.24) is 4.98 Å². The van der Waals surface area contributed by atoms with Gasteiger partial charge in [-0.05, 0) is 5.56 Å². The van der Waals surface area contributed by atoms with Gasteiger partial charge in [-0.15, -0.1) is 0 Å². The monoisotopic (exact) mass is 398 g/mol. The molecule has 9 heteroatoms. The van der Waals surface area contributed by atoms with E-state index in [1.807, 2.05) is 30.3 Å². The summed E-state index contributed by atoms with van der Waals surface area (Å²) < 4.78 is 10.8. The first-order valence-corrected chi connectivity index (χ1v) is 9.26. The lowest BCUT2D eigenvalue weighted by Crippen LogP contribution is -2.02. The van der Waals surface area contributed by atoms with E-state index in [1.165, 1.54) is 24.5 Å². The smallest absolute Gasteiger partial charge is 0.231 e. The van der Waals surface area contributed by atoms with Crippen molar-refractivity contribution < 1.29 is 19.7 Å². The predicted octanol–water partition coefficient (Wildman–Crippen LogP) is 3.41. The van der Waals surface area contributed by atoms with Crippen molar-refractivity contribution in [2.45, 2.75) is 6.04 Å². The molecule has 5 N–H and O–H groups in total. The second-order valence-electron chi connectivity index (χ2n) is 6.08. The largest absolute Gasteiger partial charge is 0.504 e. The molecule has 2 heterocycles. The van der Waals surface area contributed by atoms with E-state index in [1.54, 1.807) is 6.07 Å². The molecule has 3 aromatic rings. The minimum Gasteiger partial charge on any atom is -0.504 e. The molecule has 0 fully saturated rings. The topological polar surface area (TPSA) is 122 Å². The number of anilines is 3. The van der Waals surface area contributed by atoms with Crippen LogP contribution in [-0.4, -0.2) is 34.8 Å².